The fourth-order valence-electron chi connectivity index (χ4n) is 3.64. The number of rotatable bonds is 9. The Bertz CT molecular complexity index is 909. The number of nitrogens with one attached hydrogen (secondary N) is 3. The molecule has 0 aliphatic heterocycles. The zero-order valence-electron chi connectivity index (χ0n) is 18.0. The van der Waals surface area contributed by atoms with E-state index in [1.807, 2.05) is 12.3 Å². The van der Waals surface area contributed by atoms with Crippen molar-refractivity contribution in [2.24, 2.45) is 0 Å². The molecule has 0 atom stereocenters. The number of pyridine rings is 1. The van der Waals surface area contributed by atoms with Gasteiger partial charge in [0, 0.05) is 43.8 Å². The standard InChI is InChI=1S/C25H32N4/c1-18-8-5-9-19(2)24(18)28-15-14-26-17-23-22(12-7-13-27-23)16-29-25-20(3)10-6-11-21(25)4/h5-13,26,28-29H,14-17H2,1-4H3. The van der Waals surface area contributed by atoms with Crippen LogP contribution < -0.4 is 16.0 Å². The van der Waals surface area contributed by atoms with E-state index in [1.165, 1.54) is 39.2 Å². The molecule has 0 bridgehead atoms. The van der Waals surface area contributed by atoms with Crippen LogP contribution in [0.3, 0.4) is 0 Å². The van der Waals surface area contributed by atoms with E-state index in [9.17, 15) is 0 Å². The topological polar surface area (TPSA) is 49.0 Å². The van der Waals surface area contributed by atoms with Crippen LogP contribution in [0.2, 0.25) is 0 Å². The zero-order valence-corrected chi connectivity index (χ0v) is 18.0. The lowest BCUT2D eigenvalue weighted by Crippen LogP contribution is -2.23. The molecule has 1 aromatic heterocycles. The minimum atomic E-state index is 0.763. The third-order valence-corrected chi connectivity index (χ3v) is 5.30. The Morgan fingerprint density at radius 3 is 1.86 bits per heavy atom. The Morgan fingerprint density at radius 2 is 1.24 bits per heavy atom. The second-order valence-electron chi connectivity index (χ2n) is 7.60. The first-order chi connectivity index (χ1) is 14.1. The summed E-state index contributed by atoms with van der Waals surface area (Å²) >= 11 is 0. The van der Waals surface area contributed by atoms with Crippen molar-refractivity contribution in [3.05, 3.63) is 88.2 Å². The quantitative estimate of drug-likeness (QED) is 0.445. The van der Waals surface area contributed by atoms with Crippen LogP contribution in [0.1, 0.15) is 33.5 Å². The van der Waals surface area contributed by atoms with E-state index in [0.29, 0.717) is 0 Å². The highest BCUT2D eigenvalue weighted by atomic mass is 15.0. The first-order valence-corrected chi connectivity index (χ1v) is 10.3. The number of hydrogen-bond donors (Lipinski definition) is 3. The summed E-state index contributed by atoms with van der Waals surface area (Å²) in [6.45, 7) is 11.9. The van der Waals surface area contributed by atoms with Gasteiger partial charge >= 0.3 is 0 Å². The van der Waals surface area contributed by atoms with Crippen molar-refractivity contribution >= 4 is 11.4 Å². The van der Waals surface area contributed by atoms with Gasteiger partial charge in [0.05, 0.1) is 5.69 Å². The van der Waals surface area contributed by atoms with E-state index in [0.717, 1.165) is 31.9 Å². The number of benzene rings is 2. The van der Waals surface area contributed by atoms with E-state index >= 15 is 0 Å². The minimum Gasteiger partial charge on any atom is -0.383 e. The van der Waals surface area contributed by atoms with Gasteiger partial charge in [-0.1, -0.05) is 42.5 Å². The second kappa shape index (κ2) is 10.1. The van der Waals surface area contributed by atoms with Crippen molar-refractivity contribution in [1.82, 2.24) is 10.3 Å². The molecule has 0 radical (unpaired) electrons. The van der Waals surface area contributed by atoms with Gasteiger partial charge in [-0.25, -0.2) is 0 Å². The third kappa shape index (κ3) is 5.58. The molecule has 0 aliphatic rings. The number of nitrogens with zero attached hydrogens (tertiary/aromatic N) is 1. The summed E-state index contributed by atoms with van der Waals surface area (Å²) < 4.78 is 0. The van der Waals surface area contributed by atoms with Crippen LogP contribution in [-0.4, -0.2) is 18.1 Å². The predicted octanol–water partition coefficient (Wildman–Crippen LogP) is 5.13. The average molecular weight is 389 g/mol. The van der Waals surface area contributed by atoms with Crippen LogP contribution in [-0.2, 0) is 13.1 Å². The van der Waals surface area contributed by atoms with Crippen molar-refractivity contribution in [1.29, 1.82) is 0 Å². The summed E-state index contributed by atoms with van der Waals surface area (Å²) in [5, 5.41) is 10.7. The Labute approximate surface area is 174 Å². The maximum atomic E-state index is 4.60. The average Bonchev–Trinajstić information content (AvgIpc) is 2.70. The lowest BCUT2D eigenvalue weighted by atomic mass is 10.1. The molecular formula is C25H32N4. The molecule has 0 amide bonds. The van der Waals surface area contributed by atoms with Crippen molar-refractivity contribution in [2.75, 3.05) is 23.7 Å². The van der Waals surface area contributed by atoms with Gasteiger partial charge in [0.1, 0.15) is 0 Å². The fourth-order valence-corrected chi connectivity index (χ4v) is 3.64. The molecule has 4 nitrogen and oxygen atoms in total. The largest absolute Gasteiger partial charge is 0.383 e. The fraction of sp³-hybridized carbons (Fsp3) is 0.320. The summed E-state index contributed by atoms with van der Waals surface area (Å²) in [4.78, 5) is 4.60. The smallest absolute Gasteiger partial charge is 0.0591 e. The zero-order chi connectivity index (χ0) is 20.6. The van der Waals surface area contributed by atoms with Gasteiger partial charge in [0.2, 0.25) is 0 Å². The molecule has 0 saturated carbocycles. The molecule has 0 fully saturated rings. The van der Waals surface area contributed by atoms with Crippen molar-refractivity contribution in [3.63, 3.8) is 0 Å². The van der Waals surface area contributed by atoms with E-state index in [2.05, 4.69) is 91.1 Å². The molecular weight excluding hydrogens is 356 g/mol. The van der Waals surface area contributed by atoms with E-state index < -0.39 is 0 Å². The van der Waals surface area contributed by atoms with Crippen molar-refractivity contribution in [2.45, 2.75) is 40.8 Å². The highest BCUT2D eigenvalue weighted by Crippen LogP contribution is 2.21. The molecule has 0 aliphatic carbocycles. The summed E-state index contributed by atoms with van der Waals surface area (Å²) in [6, 6.07) is 16.9. The molecule has 1 heterocycles. The third-order valence-electron chi connectivity index (χ3n) is 5.30. The normalized spacial score (nSPS) is 10.8. The van der Waals surface area contributed by atoms with Gasteiger partial charge in [-0.3, -0.25) is 4.98 Å². The Balaban J connectivity index is 1.52. The Hall–Kier alpha value is -2.85. The van der Waals surface area contributed by atoms with Crippen LogP contribution in [0.15, 0.2) is 54.7 Å². The molecule has 3 N–H and O–H groups in total. The molecule has 3 aromatic rings. The van der Waals surface area contributed by atoms with Crippen LogP contribution in [0, 0.1) is 27.7 Å². The Kier molecular flexibility index (Phi) is 7.25. The highest BCUT2D eigenvalue weighted by Gasteiger charge is 2.06. The van der Waals surface area contributed by atoms with Crippen molar-refractivity contribution < 1.29 is 0 Å². The first-order valence-electron chi connectivity index (χ1n) is 10.3. The number of aromatic nitrogens is 1. The molecule has 0 spiro atoms. The maximum Gasteiger partial charge on any atom is 0.0591 e. The van der Waals surface area contributed by atoms with Crippen LogP contribution >= 0.6 is 0 Å². The SMILES string of the molecule is Cc1cccc(C)c1NCCNCc1ncccc1CNc1c(C)cccc1C. The summed E-state index contributed by atoms with van der Waals surface area (Å²) in [5.41, 5.74) is 9.89. The first kappa shape index (κ1) is 20.9. The van der Waals surface area contributed by atoms with E-state index in [1.54, 1.807) is 0 Å². The van der Waals surface area contributed by atoms with Crippen LogP contribution in [0.5, 0.6) is 0 Å². The molecule has 4 heteroatoms. The lowest BCUT2D eigenvalue weighted by molar-refractivity contribution is 0.686. The number of anilines is 2. The molecule has 0 saturated heterocycles. The number of aryl methyl sites for hydroxylation is 4. The summed E-state index contributed by atoms with van der Waals surface area (Å²) in [6.07, 6.45) is 1.87. The second-order valence-corrected chi connectivity index (χ2v) is 7.60. The number of hydrogen-bond acceptors (Lipinski definition) is 4. The molecule has 2 aromatic carbocycles. The lowest BCUT2D eigenvalue weighted by Gasteiger charge is -2.15. The van der Waals surface area contributed by atoms with Gasteiger partial charge in [-0.05, 0) is 61.6 Å². The van der Waals surface area contributed by atoms with E-state index in [-0.39, 0.29) is 0 Å². The van der Waals surface area contributed by atoms with Gasteiger partial charge < -0.3 is 16.0 Å². The predicted molar refractivity (Wildman–Crippen MR) is 124 cm³/mol. The summed E-state index contributed by atoms with van der Waals surface area (Å²) in [7, 11) is 0. The van der Waals surface area contributed by atoms with E-state index in [4.69, 9.17) is 0 Å². The molecule has 152 valence electrons. The highest BCUT2D eigenvalue weighted by molar-refractivity contribution is 5.57. The van der Waals surface area contributed by atoms with Crippen molar-refractivity contribution in [3.8, 4) is 0 Å². The maximum absolute atomic E-state index is 4.60. The molecule has 0 unspecified atom stereocenters. The molecule has 3 rings (SSSR count). The summed E-state index contributed by atoms with van der Waals surface area (Å²) in [5.74, 6) is 0. The van der Waals surface area contributed by atoms with Gasteiger partial charge in [0.15, 0.2) is 0 Å². The Morgan fingerprint density at radius 1 is 0.655 bits per heavy atom. The minimum absolute atomic E-state index is 0.763. The molecule has 29 heavy (non-hydrogen) atoms. The van der Waals surface area contributed by atoms with Crippen LogP contribution in [0.25, 0.3) is 0 Å². The van der Waals surface area contributed by atoms with Gasteiger partial charge in [-0.2, -0.15) is 0 Å². The monoisotopic (exact) mass is 388 g/mol. The number of para-hydroxylation sites is 2. The van der Waals surface area contributed by atoms with Gasteiger partial charge in [-0.15, -0.1) is 0 Å². The van der Waals surface area contributed by atoms with Gasteiger partial charge in [0.25, 0.3) is 0 Å². The van der Waals surface area contributed by atoms with Crippen LogP contribution in [0.4, 0.5) is 11.4 Å².